The lowest BCUT2D eigenvalue weighted by molar-refractivity contribution is 0.0996. The summed E-state index contributed by atoms with van der Waals surface area (Å²) in [6, 6.07) is 10.3. The number of hydrogen-bond donors (Lipinski definition) is 2. The van der Waals surface area contributed by atoms with Crippen molar-refractivity contribution in [1.29, 1.82) is 5.26 Å². The van der Waals surface area contributed by atoms with E-state index in [1.165, 1.54) is 12.1 Å². The smallest absolute Gasteiger partial charge is 0.291 e. The zero-order valence-electron chi connectivity index (χ0n) is 18.6. The van der Waals surface area contributed by atoms with Crippen LogP contribution >= 0.6 is 0 Å². The van der Waals surface area contributed by atoms with Crippen LogP contribution in [0.25, 0.3) is 0 Å². The van der Waals surface area contributed by atoms with Gasteiger partial charge in [0.25, 0.3) is 5.91 Å². The number of carbonyl (C=O) groups excluding carboxylic acids is 1. The van der Waals surface area contributed by atoms with Gasteiger partial charge in [-0.25, -0.2) is 0 Å². The fourth-order valence-corrected chi connectivity index (χ4v) is 2.56. The zero-order valence-corrected chi connectivity index (χ0v) is 18.6. The fourth-order valence-electron chi connectivity index (χ4n) is 2.56. The van der Waals surface area contributed by atoms with Gasteiger partial charge in [0.15, 0.2) is 5.76 Å². The quantitative estimate of drug-likeness (QED) is 0.603. The molecule has 29 heavy (non-hydrogen) atoms. The maximum atomic E-state index is 12.4. The van der Waals surface area contributed by atoms with Gasteiger partial charge in [0.1, 0.15) is 6.07 Å². The molecule has 1 aromatic heterocycles. The first kappa shape index (κ1) is 26.2. The first-order valence-corrected chi connectivity index (χ1v) is 10.4. The molecular weight excluding hydrogens is 366 g/mol. The van der Waals surface area contributed by atoms with E-state index in [0.717, 1.165) is 31.6 Å². The Morgan fingerprint density at radius 1 is 1.17 bits per heavy atom. The van der Waals surface area contributed by atoms with Gasteiger partial charge in [-0.05, 0) is 43.2 Å². The summed E-state index contributed by atoms with van der Waals surface area (Å²) in [6.07, 6.45) is 2.13. The molecule has 1 amide bonds. The molecule has 1 aromatic carbocycles. The molecule has 2 aromatic rings. The molecule has 0 radical (unpaired) electrons. The molecule has 0 bridgehead atoms. The minimum atomic E-state index is -0.426. The molecule has 0 unspecified atom stereocenters. The molecule has 2 N–H and O–H groups in total. The lowest BCUT2D eigenvalue weighted by Gasteiger charge is -2.26. The van der Waals surface area contributed by atoms with Crippen molar-refractivity contribution in [2.24, 2.45) is 0 Å². The van der Waals surface area contributed by atoms with Crippen LogP contribution in [0, 0.1) is 11.3 Å². The summed E-state index contributed by atoms with van der Waals surface area (Å²) in [6.45, 7) is 13.8. The Hall–Kier alpha value is -2.78. The maximum absolute atomic E-state index is 12.4. The second kappa shape index (κ2) is 15.2. The first-order valence-electron chi connectivity index (χ1n) is 10.4. The monoisotopic (exact) mass is 401 g/mol. The minimum Gasteiger partial charge on any atom is -0.440 e. The van der Waals surface area contributed by atoms with E-state index in [4.69, 9.17) is 9.68 Å². The van der Waals surface area contributed by atoms with Crippen LogP contribution in [0.1, 0.15) is 76.3 Å². The highest BCUT2D eigenvalue weighted by molar-refractivity contribution is 6.04. The van der Waals surface area contributed by atoms with Crippen molar-refractivity contribution in [3.63, 3.8) is 0 Å². The number of furan rings is 1. The topological polar surface area (TPSA) is 89.5 Å². The number of anilines is 2. The van der Waals surface area contributed by atoms with Gasteiger partial charge in [-0.15, -0.1) is 0 Å². The van der Waals surface area contributed by atoms with Crippen LogP contribution in [0.2, 0.25) is 0 Å². The molecule has 6 nitrogen and oxygen atoms in total. The number of nitrogens with zero attached hydrogens (tertiary/aromatic N) is 2. The van der Waals surface area contributed by atoms with E-state index < -0.39 is 5.91 Å². The number of hydrogen-bond acceptors (Lipinski definition) is 5. The maximum Gasteiger partial charge on any atom is 0.291 e. The van der Waals surface area contributed by atoms with Crippen molar-refractivity contribution in [2.45, 2.75) is 61.0 Å². The van der Waals surface area contributed by atoms with Crippen molar-refractivity contribution in [3.8, 4) is 6.07 Å². The summed E-state index contributed by atoms with van der Waals surface area (Å²) in [5.74, 6) is -0.259. The Morgan fingerprint density at radius 2 is 1.86 bits per heavy atom. The molecule has 0 atom stereocenters. The summed E-state index contributed by atoms with van der Waals surface area (Å²) in [4.78, 5) is 14.6. The van der Waals surface area contributed by atoms with E-state index in [1.54, 1.807) is 6.07 Å². The van der Waals surface area contributed by atoms with Gasteiger partial charge in [-0.2, -0.15) is 5.26 Å². The minimum absolute atomic E-state index is 0.0773. The van der Waals surface area contributed by atoms with Crippen LogP contribution in [0.5, 0.6) is 0 Å². The Labute approximate surface area is 175 Å². The molecule has 0 saturated carbocycles. The number of nitrogens with one attached hydrogen (secondary N) is 1. The van der Waals surface area contributed by atoms with E-state index in [1.807, 2.05) is 45.9 Å². The highest BCUT2D eigenvalue weighted by atomic mass is 16.3. The van der Waals surface area contributed by atoms with Crippen LogP contribution in [0.4, 0.5) is 11.4 Å². The number of amides is 1. The summed E-state index contributed by atoms with van der Waals surface area (Å²) in [7, 11) is 0. The van der Waals surface area contributed by atoms with Gasteiger partial charge in [-0.3, -0.25) is 4.79 Å². The van der Waals surface area contributed by atoms with Crippen molar-refractivity contribution >= 4 is 17.3 Å². The molecule has 0 saturated heterocycles. The summed E-state index contributed by atoms with van der Waals surface area (Å²) in [5.41, 5.74) is 2.22. The van der Waals surface area contributed by atoms with Crippen LogP contribution in [0.15, 0.2) is 34.7 Å². The standard InChI is InChI=1S/C19H23N3O3.2C2H6/c1-3-5-10-22(4-2)17-8-6-14(13-23)11-16(17)21-19(24)18-9-7-15(12-20)25-18;2*1-2/h6-9,11,23H,3-5,10,13H2,1-2H3,(H,21,24);2*1-2H3. The molecule has 0 fully saturated rings. The van der Waals surface area contributed by atoms with Crippen LogP contribution in [-0.4, -0.2) is 24.1 Å². The number of unbranched alkanes of at least 4 members (excludes halogenated alkanes) is 1. The van der Waals surface area contributed by atoms with E-state index in [9.17, 15) is 9.90 Å². The predicted molar refractivity (Wildman–Crippen MR) is 119 cm³/mol. The lowest BCUT2D eigenvalue weighted by atomic mass is 10.1. The van der Waals surface area contributed by atoms with E-state index >= 15 is 0 Å². The first-order chi connectivity index (χ1) is 14.1. The molecule has 160 valence electrons. The third-order valence-electron chi connectivity index (χ3n) is 3.94. The lowest BCUT2D eigenvalue weighted by Crippen LogP contribution is -2.25. The zero-order chi connectivity index (χ0) is 22.2. The van der Waals surface area contributed by atoms with E-state index in [0.29, 0.717) is 11.3 Å². The highest BCUT2D eigenvalue weighted by Gasteiger charge is 2.16. The van der Waals surface area contributed by atoms with Crippen LogP contribution in [-0.2, 0) is 6.61 Å². The Bertz CT molecular complexity index is 763. The summed E-state index contributed by atoms with van der Waals surface area (Å²) in [5, 5.41) is 21.0. The molecular formula is C23H35N3O3. The van der Waals surface area contributed by atoms with Crippen molar-refractivity contribution in [1.82, 2.24) is 0 Å². The molecule has 1 heterocycles. The Morgan fingerprint density at radius 3 is 2.38 bits per heavy atom. The van der Waals surface area contributed by atoms with Crippen molar-refractivity contribution in [2.75, 3.05) is 23.3 Å². The van der Waals surface area contributed by atoms with Crippen LogP contribution < -0.4 is 10.2 Å². The van der Waals surface area contributed by atoms with Gasteiger partial charge in [0.2, 0.25) is 5.76 Å². The molecule has 0 spiro atoms. The molecule has 0 aliphatic carbocycles. The van der Waals surface area contributed by atoms with Gasteiger partial charge >= 0.3 is 0 Å². The number of benzene rings is 1. The molecule has 6 heteroatoms. The van der Waals surface area contributed by atoms with Gasteiger partial charge in [0, 0.05) is 13.1 Å². The average molecular weight is 402 g/mol. The summed E-state index contributed by atoms with van der Waals surface area (Å²) >= 11 is 0. The third kappa shape index (κ3) is 8.00. The van der Waals surface area contributed by atoms with Crippen molar-refractivity contribution in [3.05, 3.63) is 47.4 Å². The number of aliphatic hydroxyl groups excluding tert-OH is 1. The molecule has 2 rings (SSSR count). The average Bonchev–Trinajstić information content (AvgIpc) is 3.27. The second-order valence-electron chi connectivity index (χ2n) is 5.67. The second-order valence-corrected chi connectivity index (χ2v) is 5.67. The van der Waals surface area contributed by atoms with Crippen LogP contribution in [0.3, 0.4) is 0 Å². The van der Waals surface area contributed by atoms with E-state index in [-0.39, 0.29) is 18.1 Å². The van der Waals surface area contributed by atoms with Gasteiger partial charge < -0.3 is 19.7 Å². The SMILES string of the molecule is CC.CC.CCCCN(CC)c1ccc(CO)cc1NC(=O)c1ccc(C#N)o1. The van der Waals surface area contributed by atoms with Gasteiger partial charge in [-0.1, -0.05) is 47.1 Å². The fraction of sp³-hybridized carbons (Fsp3) is 0.478. The van der Waals surface area contributed by atoms with Gasteiger partial charge in [0.05, 0.1) is 18.0 Å². The summed E-state index contributed by atoms with van der Waals surface area (Å²) < 4.78 is 5.18. The van der Waals surface area contributed by atoms with Crippen molar-refractivity contribution < 1.29 is 14.3 Å². The number of nitriles is 1. The largest absolute Gasteiger partial charge is 0.440 e. The highest BCUT2D eigenvalue weighted by Crippen LogP contribution is 2.28. The number of aliphatic hydroxyl groups is 1. The Balaban J connectivity index is 0.00000184. The molecule has 0 aliphatic heterocycles. The number of rotatable bonds is 8. The molecule has 0 aliphatic rings. The Kier molecular flexibility index (Phi) is 13.7. The van der Waals surface area contributed by atoms with E-state index in [2.05, 4.69) is 24.1 Å². The number of carbonyl (C=O) groups is 1. The normalized spacial score (nSPS) is 9.31. The predicted octanol–water partition coefficient (Wildman–Crippen LogP) is 5.57. The third-order valence-corrected chi connectivity index (χ3v) is 3.94.